The van der Waals surface area contributed by atoms with Crippen LogP contribution in [0.5, 0.6) is 0 Å². The van der Waals surface area contributed by atoms with Crippen molar-refractivity contribution >= 4 is 16.7 Å². The highest BCUT2D eigenvalue weighted by Crippen LogP contribution is 2.47. The molecule has 4 rings (SSSR count). The van der Waals surface area contributed by atoms with Crippen LogP contribution in [0.2, 0.25) is 0 Å². The Bertz CT molecular complexity index is 959. The minimum atomic E-state index is -0.287. The second-order valence-electron chi connectivity index (χ2n) is 6.28. The van der Waals surface area contributed by atoms with Gasteiger partial charge in [-0.25, -0.2) is 5.10 Å². The fourth-order valence-corrected chi connectivity index (χ4v) is 3.13. The summed E-state index contributed by atoms with van der Waals surface area (Å²) < 4.78 is 0. The van der Waals surface area contributed by atoms with Gasteiger partial charge >= 0.3 is 0 Å². The average molecular weight is 319 g/mol. The molecule has 1 aliphatic rings. The number of nitrogens with zero attached hydrogens (tertiary/aromatic N) is 1. The van der Waals surface area contributed by atoms with Crippen LogP contribution in [0.4, 0.5) is 0 Å². The Morgan fingerprint density at radius 2 is 1.71 bits per heavy atom. The van der Waals surface area contributed by atoms with Crippen molar-refractivity contribution in [1.82, 2.24) is 15.5 Å². The molecule has 1 heterocycles. The van der Waals surface area contributed by atoms with E-state index in [1.807, 2.05) is 18.2 Å². The molecule has 5 heteroatoms. The van der Waals surface area contributed by atoms with E-state index >= 15 is 0 Å². The van der Waals surface area contributed by atoms with Crippen molar-refractivity contribution < 1.29 is 4.79 Å². The SMILES string of the molecule is O=C(NCC1(c2ccccc2)CC1)c1n[nH]c(=O)c2ccccc12. The predicted octanol–water partition coefficient (Wildman–Crippen LogP) is 2.38. The van der Waals surface area contributed by atoms with Crippen molar-refractivity contribution in [3.05, 3.63) is 76.2 Å². The summed E-state index contributed by atoms with van der Waals surface area (Å²) in [5.41, 5.74) is 1.26. The second-order valence-corrected chi connectivity index (χ2v) is 6.28. The van der Waals surface area contributed by atoms with Gasteiger partial charge in [-0.1, -0.05) is 48.5 Å². The van der Waals surface area contributed by atoms with Gasteiger partial charge in [0.2, 0.25) is 0 Å². The Kier molecular flexibility index (Phi) is 3.41. The summed E-state index contributed by atoms with van der Waals surface area (Å²) in [5.74, 6) is -0.260. The van der Waals surface area contributed by atoms with Gasteiger partial charge in [0.05, 0.1) is 5.39 Å². The van der Waals surface area contributed by atoms with Crippen LogP contribution >= 0.6 is 0 Å². The lowest BCUT2D eigenvalue weighted by atomic mass is 9.96. The normalized spacial score (nSPS) is 15.2. The van der Waals surface area contributed by atoms with E-state index in [4.69, 9.17) is 0 Å². The lowest BCUT2D eigenvalue weighted by Crippen LogP contribution is -2.33. The summed E-state index contributed by atoms with van der Waals surface area (Å²) in [7, 11) is 0. The first-order valence-corrected chi connectivity index (χ1v) is 8.01. The maximum atomic E-state index is 12.6. The van der Waals surface area contributed by atoms with E-state index in [1.165, 1.54) is 5.56 Å². The molecule has 0 radical (unpaired) electrons. The van der Waals surface area contributed by atoms with Gasteiger partial charge in [0, 0.05) is 17.3 Å². The number of nitrogens with one attached hydrogen (secondary N) is 2. The van der Waals surface area contributed by atoms with Crippen LogP contribution in [-0.2, 0) is 5.41 Å². The van der Waals surface area contributed by atoms with Crippen molar-refractivity contribution in [2.75, 3.05) is 6.54 Å². The van der Waals surface area contributed by atoms with Crippen molar-refractivity contribution in [3.8, 4) is 0 Å². The number of fused-ring (bicyclic) bond motifs is 1. The summed E-state index contributed by atoms with van der Waals surface area (Å²) in [6, 6.07) is 17.3. The lowest BCUT2D eigenvalue weighted by Gasteiger charge is -2.16. The zero-order valence-electron chi connectivity index (χ0n) is 13.1. The Morgan fingerprint density at radius 1 is 1.04 bits per heavy atom. The highest BCUT2D eigenvalue weighted by Gasteiger charge is 2.44. The molecule has 2 aromatic carbocycles. The molecule has 0 saturated heterocycles. The number of amides is 1. The van der Waals surface area contributed by atoms with E-state index in [0.717, 1.165) is 12.8 Å². The monoisotopic (exact) mass is 319 g/mol. The fraction of sp³-hybridized carbons (Fsp3) is 0.211. The number of rotatable bonds is 4. The zero-order chi connectivity index (χ0) is 16.6. The average Bonchev–Trinajstić information content (AvgIpc) is 3.42. The number of hydrogen-bond acceptors (Lipinski definition) is 3. The third-order valence-corrected chi connectivity index (χ3v) is 4.74. The van der Waals surface area contributed by atoms with Gasteiger partial charge in [-0.05, 0) is 24.5 Å². The standard InChI is InChI=1S/C19H17N3O2/c23-17-15-9-5-4-8-14(15)16(21-22-17)18(24)20-12-19(10-11-19)13-6-2-1-3-7-13/h1-9H,10-12H2,(H,20,24)(H,22,23). The van der Waals surface area contributed by atoms with Gasteiger partial charge in [-0.3, -0.25) is 9.59 Å². The third-order valence-electron chi connectivity index (χ3n) is 4.74. The molecule has 0 unspecified atom stereocenters. The number of hydrogen-bond donors (Lipinski definition) is 2. The number of aromatic nitrogens is 2. The summed E-state index contributed by atoms with van der Waals surface area (Å²) in [5, 5.41) is 10.4. The molecule has 1 saturated carbocycles. The minimum absolute atomic E-state index is 0.0366. The van der Waals surface area contributed by atoms with Gasteiger partial charge in [0.25, 0.3) is 11.5 Å². The van der Waals surface area contributed by atoms with Crippen LogP contribution in [0, 0.1) is 0 Å². The molecular weight excluding hydrogens is 302 g/mol. The third kappa shape index (κ3) is 2.48. The van der Waals surface area contributed by atoms with E-state index in [2.05, 4.69) is 27.6 Å². The van der Waals surface area contributed by atoms with Crippen LogP contribution < -0.4 is 10.9 Å². The lowest BCUT2D eigenvalue weighted by molar-refractivity contribution is 0.0945. The number of carbonyl (C=O) groups is 1. The largest absolute Gasteiger partial charge is 0.350 e. The summed E-state index contributed by atoms with van der Waals surface area (Å²) in [6.45, 7) is 0.574. The van der Waals surface area contributed by atoms with E-state index in [9.17, 15) is 9.59 Å². The molecule has 2 N–H and O–H groups in total. The topological polar surface area (TPSA) is 74.8 Å². The van der Waals surface area contributed by atoms with Gasteiger partial charge in [-0.2, -0.15) is 5.10 Å². The number of H-pyrrole nitrogens is 1. The minimum Gasteiger partial charge on any atom is -0.350 e. The molecule has 1 fully saturated rings. The van der Waals surface area contributed by atoms with Gasteiger partial charge in [0.1, 0.15) is 0 Å². The first-order valence-electron chi connectivity index (χ1n) is 8.01. The molecule has 1 aliphatic carbocycles. The summed E-state index contributed by atoms with van der Waals surface area (Å²) in [6.07, 6.45) is 2.13. The maximum Gasteiger partial charge on any atom is 0.272 e. The van der Waals surface area contributed by atoms with Crippen molar-refractivity contribution in [1.29, 1.82) is 0 Å². The highest BCUT2D eigenvalue weighted by molar-refractivity contribution is 6.04. The van der Waals surface area contributed by atoms with Crippen LogP contribution in [0.15, 0.2) is 59.4 Å². The van der Waals surface area contributed by atoms with Crippen LogP contribution in [-0.4, -0.2) is 22.6 Å². The summed E-state index contributed by atoms with van der Waals surface area (Å²) >= 11 is 0. The second kappa shape index (κ2) is 5.60. The molecule has 120 valence electrons. The Hall–Kier alpha value is -2.95. The maximum absolute atomic E-state index is 12.6. The number of benzene rings is 2. The molecule has 0 spiro atoms. The molecule has 0 atom stereocenters. The number of aromatic amines is 1. The molecule has 3 aromatic rings. The Balaban J connectivity index is 1.58. The number of carbonyl (C=O) groups excluding carboxylic acids is 1. The predicted molar refractivity (Wildman–Crippen MR) is 92.1 cm³/mol. The highest BCUT2D eigenvalue weighted by atomic mass is 16.2. The van der Waals surface area contributed by atoms with Gasteiger partial charge in [0.15, 0.2) is 5.69 Å². The van der Waals surface area contributed by atoms with Gasteiger partial charge < -0.3 is 5.32 Å². The van der Waals surface area contributed by atoms with Gasteiger partial charge in [-0.15, -0.1) is 0 Å². The smallest absolute Gasteiger partial charge is 0.272 e. The van der Waals surface area contributed by atoms with E-state index < -0.39 is 0 Å². The van der Waals surface area contributed by atoms with E-state index in [0.29, 0.717) is 17.3 Å². The van der Waals surface area contributed by atoms with Crippen LogP contribution in [0.3, 0.4) is 0 Å². The molecule has 24 heavy (non-hydrogen) atoms. The zero-order valence-corrected chi connectivity index (χ0v) is 13.1. The molecule has 0 bridgehead atoms. The fourth-order valence-electron chi connectivity index (χ4n) is 3.13. The van der Waals surface area contributed by atoms with E-state index in [-0.39, 0.29) is 22.6 Å². The van der Waals surface area contributed by atoms with Crippen molar-refractivity contribution in [2.24, 2.45) is 0 Å². The molecule has 1 aromatic heterocycles. The summed E-state index contributed by atoms with van der Waals surface area (Å²) in [4.78, 5) is 24.4. The molecular formula is C19H17N3O2. The first kappa shape index (κ1) is 14.6. The van der Waals surface area contributed by atoms with E-state index in [1.54, 1.807) is 24.3 Å². The Labute approximate surface area is 138 Å². The first-order chi connectivity index (χ1) is 11.7. The Morgan fingerprint density at radius 3 is 2.42 bits per heavy atom. The van der Waals surface area contributed by atoms with Crippen molar-refractivity contribution in [3.63, 3.8) is 0 Å². The van der Waals surface area contributed by atoms with Crippen LogP contribution in [0.25, 0.3) is 10.8 Å². The van der Waals surface area contributed by atoms with Crippen molar-refractivity contribution in [2.45, 2.75) is 18.3 Å². The molecule has 0 aliphatic heterocycles. The molecule has 5 nitrogen and oxygen atoms in total. The quantitative estimate of drug-likeness (QED) is 0.775. The molecule has 1 amide bonds. The van der Waals surface area contributed by atoms with Crippen LogP contribution in [0.1, 0.15) is 28.9 Å².